The molecule has 1 N–H and O–H groups in total. The second-order valence-corrected chi connectivity index (χ2v) is 4.07. The Morgan fingerprint density at radius 2 is 2.18 bits per heavy atom. The molecule has 0 fully saturated rings. The number of aromatic nitrogens is 2. The number of hydrogen-bond acceptors (Lipinski definition) is 3. The molecule has 0 atom stereocenters. The van der Waals surface area contributed by atoms with Crippen molar-refractivity contribution in [3.63, 3.8) is 0 Å². The standard InChI is InChI=1S/C12H13ClN2O2/c1-8-5-9(7-16)14-15(8)10-3-4-12(17-2)11(13)6-10/h3-6,16H,7H2,1-2H3. The normalized spacial score (nSPS) is 10.6. The largest absolute Gasteiger partial charge is 0.495 e. The van der Waals surface area contributed by atoms with E-state index in [9.17, 15) is 0 Å². The van der Waals surface area contributed by atoms with Crippen LogP contribution in [0.3, 0.4) is 0 Å². The summed E-state index contributed by atoms with van der Waals surface area (Å²) in [7, 11) is 1.57. The summed E-state index contributed by atoms with van der Waals surface area (Å²) < 4.78 is 6.82. The van der Waals surface area contributed by atoms with E-state index in [1.165, 1.54) is 0 Å². The number of nitrogens with zero attached hydrogens (tertiary/aromatic N) is 2. The zero-order valence-electron chi connectivity index (χ0n) is 9.64. The highest BCUT2D eigenvalue weighted by Crippen LogP contribution is 2.26. The number of aliphatic hydroxyl groups excluding tert-OH is 1. The Bertz CT molecular complexity index is 537. The Balaban J connectivity index is 2.45. The fourth-order valence-corrected chi connectivity index (χ4v) is 1.92. The summed E-state index contributed by atoms with van der Waals surface area (Å²) in [4.78, 5) is 0. The SMILES string of the molecule is COc1ccc(-n2nc(CO)cc2C)cc1Cl. The number of ether oxygens (including phenoxy) is 1. The zero-order valence-corrected chi connectivity index (χ0v) is 10.4. The van der Waals surface area contributed by atoms with E-state index < -0.39 is 0 Å². The van der Waals surface area contributed by atoms with Crippen LogP contribution in [0.15, 0.2) is 24.3 Å². The molecule has 1 aromatic heterocycles. The van der Waals surface area contributed by atoms with E-state index in [-0.39, 0.29) is 6.61 Å². The van der Waals surface area contributed by atoms with Gasteiger partial charge in [-0.05, 0) is 31.2 Å². The minimum atomic E-state index is -0.0717. The quantitative estimate of drug-likeness (QED) is 0.912. The molecule has 1 heterocycles. The van der Waals surface area contributed by atoms with Gasteiger partial charge in [-0.2, -0.15) is 5.10 Å². The van der Waals surface area contributed by atoms with Gasteiger partial charge in [-0.15, -0.1) is 0 Å². The van der Waals surface area contributed by atoms with Crippen LogP contribution in [0, 0.1) is 6.92 Å². The van der Waals surface area contributed by atoms with Crippen molar-refractivity contribution < 1.29 is 9.84 Å². The van der Waals surface area contributed by atoms with Gasteiger partial charge in [0, 0.05) is 5.69 Å². The van der Waals surface area contributed by atoms with Crippen LogP contribution in [-0.4, -0.2) is 22.0 Å². The van der Waals surface area contributed by atoms with Crippen molar-refractivity contribution >= 4 is 11.6 Å². The monoisotopic (exact) mass is 252 g/mol. The first kappa shape index (κ1) is 12.0. The number of aliphatic hydroxyl groups is 1. The lowest BCUT2D eigenvalue weighted by Gasteiger charge is -2.07. The molecule has 0 saturated carbocycles. The summed E-state index contributed by atoms with van der Waals surface area (Å²) in [5.41, 5.74) is 2.41. The first-order valence-corrected chi connectivity index (χ1v) is 5.54. The van der Waals surface area contributed by atoms with Crippen molar-refractivity contribution in [1.82, 2.24) is 9.78 Å². The maximum Gasteiger partial charge on any atom is 0.137 e. The fourth-order valence-electron chi connectivity index (χ4n) is 1.66. The number of halogens is 1. The van der Waals surface area contributed by atoms with E-state index in [1.54, 1.807) is 23.9 Å². The van der Waals surface area contributed by atoms with Crippen molar-refractivity contribution in [2.75, 3.05) is 7.11 Å². The lowest BCUT2D eigenvalue weighted by Crippen LogP contribution is -1.99. The van der Waals surface area contributed by atoms with Crippen LogP contribution in [0.2, 0.25) is 5.02 Å². The summed E-state index contributed by atoms with van der Waals surface area (Å²) in [5.74, 6) is 0.627. The zero-order chi connectivity index (χ0) is 12.4. The van der Waals surface area contributed by atoms with E-state index in [4.69, 9.17) is 21.4 Å². The van der Waals surface area contributed by atoms with Gasteiger partial charge >= 0.3 is 0 Å². The van der Waals surface area contributed by atoms with Crippen molar-refractivity contribution in [2.24, 2.45) is 0 Å². The van der Waals surface area contributed by atoms with Crippen LogP contribution in [0.1, 0.15) is 11.4 Å². The van der Waals surface area contributed by atoms with Crippen LogP contribution in [0.4, 0.5) is 0 Å². The molecule has 1 aromatic carbocycles. The van der Waals surface area contributed by atoms with E-state index in [0.717, 1.165) is 11.4 Å². The fraction of sp³-hybridized carbons (Fsp3) is 0.250. The van der Waals surface area contributed by atoms with Gasteiger partial charge in [0.05, 0.1) is 30.1 Å². The summed E-state index contributed by atoms with van der Waals surface area (Å²) in [6.07, 6.45) is 0. The summed E-state index contributed by atoms with van der Waals surface area (Å²) in [5, 5.41) is 13.8. The average molecular weight is 253 g/mol. The Hall–Kier alpha value is -1.52. The molecule has 5 heteroatoms. The number of methoxy groups -OCH3 is 1. The highest BCUT2D eigenvalue weighted by Gasteiger charge is 2.08. The third kappa shape index (κ3) is 2.28. The Labute approximate surface area is 104 Å². The molecule has 0 radical (unpaired) electrons. The van der Waals surface area contributed by atoms with Gasteiger partial charge in [-0.1, -0.05) is 11.6 Å². The number of benzene rings is 1. The predicted molar refractivity (Wildman–Crippen MR) is 65.8 cm³/mol. The molecule has 17 heavy (non-hydrogen) atoms. The Kier molecular flexibility index (Phi) is 3.36. The van der Waals surface area contributed by atoms with Crippen LogP contribution in [-0.2, 0) is 6.61 Å². The maximum absolute atomic E-state index is 9.04. The minimum absolute atomic E-state index is 0.0717. The van der Waals surface area contributed by atoms with Crippen LogP contribution in [0.25, 0.3) is 5.69 Å². The number of hydrogen-bond donors (Lipinski definition) is 1. The van der Waals surface area contributed by atoms with E-state index >= 15 is 0 Å². The molecule has 2 rings (SSSR count). The summed E-state index contributed by atoms with van der Waals surface area (Å²) >= 11 is 6.06. The molecule has 0 aliphatic rings. The van der Waals surface area contributed by atoms with Crippen molar-refractivity contribution in [3.8, 4) is 11.4 Å². The van der Waals surface area contributed by atoms with Gasteiger partial charge in [-0.3, -0.25) is 0 Å². The topological polar surface area (TPSA) is 47.3 Å². The summed E-state index contributed by atoms with van der Waals surface area (Å²) in [6, 6.07) is 7.27. The van der Waals surface area contributed by atoms with Crippen molar-refractivity contribution in [3.05, 3.63) is 40.7 Å². The molecule has 0 unspecified atom stereocenters. The van der Waals surface area contributed by atoms with Gasteiger partial charge in [0.1, 0.15) is 5.75 Å². The van der Waals surface area contributed by atoms with Gasteiger partial charge in [0.25, 0.3) is 0 Å². The summed E-state index contributed by atoms with van der Waals surface area (Å²) in [6.45, 7) is 1.85. The third-order valence-electron chi connectivity index (χ3n) is 2.48. The van der Waals surface area contributed by atoms with Crippen molar-refractivity contribution in [1.29, 1.82) is 0 Å². The second kappa shape index (κ2) is 4.77. The van der Waals surface area contributed by atoms with Crippen LogP contribution < -0.4 is 4.74 Å². The van der Waals surface area contributed by atoms with E-state index in [0.29, 0.717) is 16.5 Å². The first-order valence-electron chi connectivity index (χ1n) is 5.16. The molecule has 0 saturated heterocycles. The molecule has 2 aromatic rings. The highest BCUT2D eigenvalue weighted by molar-refractivity contribution is 6.32. The molecule has 0 spiro atoms. The van der Waals surface area contributed by atoms with Crippen LogP contribution >= 0.6 is 11.6 Å². The van der Waals surface area contributed by atoms with Gasteiger partial charge < -0.3 is 9.84 Å². The predicted octanol–water partition coefficient (Wildman–Crippen LogP) is 2.34. The first-order chi connectivity index (χ1) is 8.15. The average Bonchev–Trinajstić information content (AvgIpc) is 2.70. The molecule has 0 aliphatic heterocycles. The second-order valence-electron chi connectivity index (χ2n) is 3.67. The lowest BCUT2D eigenvalue weighted by atomic mass is 10.3. The molecule has 0 aliphatic carbocycles. The molecule has 90 valence electrons. The Morgan fingerprint density at radius 1 is 1.41 bits per heavy atom. The molecule has 0 bridgehead atoms. The Morgan fingerprint density at radius 3 is 2.71 bits per heavy atom. The van der Waals surface area contributed by atoms with E-state index in [2.05, 4.69) is 5.10 Å². The highest BCUT2D eigenvalue weighted by atomic mass is 35.5. The number of rotatable bonds is 3. The van der Waals surface area contributed by atoms with Crippen molar-refractivity contribution in [2.45, 2.75) is 13.5 Å². The van der Waals surface area contributed by atoms with E-state index in [1.807, 2.05) is 19.1 Å². The van der Waals surface area contributed by atoms with Gasteiger partial charge in [-0.25, -0.2) is 4.68 Å². The molecular weight excluding hydrogens is 240 g/mol. The van der Waals surface area contributed by atoms with Crippen LogP contribution in [0.5, 0.6) is 5.75 Å². The third-order valence-corrected chi connectivity index (χ3v) is 2.78. The van der Waals surface area contributed by atoms with Gasteiger partial charge in [0.15, 0.2) is 0 Å². The lowest BCUT2D eigenvalue weighted by molar-refractivity contribution is 0.276. The molecular formula is C12H13ClN2O2. The molecule has 0 amide bonds. The minimum Gasteiger partial charge on any atom is -0.495 e. The van der Waals surface area contributed by atoms with Gasteiger partial charge in [0.2, 0.25) is 0 Å². The molecule has 4 nitrogen and oxygen atoms in total. The smallest absolute Gasteiger partial charge is 0.137 e. The maximum atomic E-state index is 9.04. The number of aryl methyl sites for hydroxylation is 1.